The predicted octanol–water partition coefficient (Wildman–Crippen LogP) is 2.57. The van der Waals surface area contributed by atoms with Gasteiger partial charge in [0.25, 0.3) is 0 Å². The molecule has 0 aliphatic heterocycles. The lowest BCUT2D eigenvalue weighted by Gasteiger charge is -2.05. The third kappa shape index (κ3) is 2.24. The van der Waals surface area contributed by atoms with E-state index in [1.165, 1.54) is 0 Å². The number of para-hydroxylation sites is 1. The summed E-state index contributed by atoms with van der Waals surface area (Å²) in [6.45, 7) is 4.31. The number of carbonyl (C=O) groups excluding carboxylic acids is 1. The van der Waals surface area contributed by atoms with Crippen LogP contribution in [-0.2, 0) is 16.1 Å². The number of hydrogen-bond donors (Lipinski definition) is 1. The second kappa shape index (κ2) is 4.71. The van der Waals surface area contributed by atoms with E-state index >= 15 is 0 Å². The number of aromatic nitrogens is 2. The summed E-state index contributed by atoms with van der Waals surface area (Å²) in [6.07, 6.45) is 0. The normalized spacial score (nSPS) is 10.7. The van der Waals surface area contributed by atoms with Crippen molar-refractivity contribution in [1.29, 1.82) is 0 Å². The van der Waals surface area contributed by atoms with Crippen LogP contribution in [0.25, 0.3) is 11.0 Å². The number of aromatic amines is 1. The molecule has 1 aromatic heterocycles. The van der Waals surface area contributed by atoms with Gasteiger partial charge in [0.15, 0.2) is 4.77 Å². The topological polar surface area (TPSA) is 47.0 Å². The number of carbonyl (C=O) groups is 1. The van der Waals surface area contributed by atoms with Crippen molar-refractivity contribution in [2.45, 2.75) is 20.4 Å². The number of nitrogens with zero attached hydrogens (tertiary/aromatic N) is 1. The van der Waals surface area contributed by atoms with Crippen molar-refractivity contribution in [3.63, 3.8) is 0 Å². The fourth-order valence-electron chi connectivity index (χ4n) is 1.89. The Morgan fingerprint density at radius 2 is 2.29 bits per heavy atom. The Morgan fingerprint density at radius 3 is 3.00 bits per heavy atom. The van der Waals surface area contributed by atoms with Crippen LogP contribution >= 0.6 is 12.2 Å². The number of fused-ring (bicyclic) bond motifs is 1. The van der Waals surface area contributed by atoms with Gasteiger partial charge < -0.3 is 14.3 Å². The number of imidazole rings is 1. The van der Waals surface area contributed by atoms with Gasteiger partial charge in [0, 0.05) is 0 Å². The number of H-pyrrole nitrogens is 1. The Balaban J connectivity index is 2.49. The second-order valence-electron chi connectivity index (χ2n) is 3.79. The highest BCUT2D eigenvalue weighted by atomic mass is 32.1. The Hall–Kier alpha value is -1.62. The van der Waals surface area contributed by atoms with Crippen LogP contribution in [0.2, 0.25) is 0 Å². The summed E-state index contributed by atoms with van der Waals surface area (Å²) >= 11 is 5.21. The zero-order valence-electron chi connectivity index (χ0n) is 9.82. The van der Waals surface area contributed by atoms with Crippen molar-refractivity contribution in [3.05, 3.63) is 28.5 Å². The van der Waals surface area contributed by atoms with Crippen LogP contribution in [0, 0.1) is 11.7 Å². The molecule has 0 aliphatic carbocycles. The van der Waals surface area contributed by atoms with Crippen LogP contribution in [0.4, 0.5) is 0 Å². The highest BCUT2D eigenvalue weighted by molar-refractivity contribution is 7.71. The lowest BCUT2D eigenvalue weighted by atomic mass is 10.2. The van der Waals surface area contributed by atoms with E-state index in [0.717, 1.165) is 16.6 Å². The molecule has 0 amide bonds. The molecule has 90 valence electrons. The largest absolute Gasteiger partial charge is 0.465 e. The van der Waals surface area contributed by atoms with Gasteiger partial charge in [-0.3, -0.25) is 4.79 Å². The van der Waals surface area contributed by atoms with Crippen molar-refractivity contribution in [2.75, 3.05) is 6.61 Å². The number of nitrogens with one attached hydrogen (secondary N) is 1. The summed E-state index contributed by atoms with van der Waals surface area (Å²) in [6, 6.07) is 5.89. The third-order valence-electron chi connectivity index (χ3n) is 2.59. The number of benzene rings is 1. The summed E-state index contributed by atoms with van der Waals surface area (Å²) in [5.74, 6) is -0.271. The minimum atomic E-state index is -0.271. The van der Waals surface area contributed by atoms with Crippen molar-refractivity contribution in [3.8, 4) is 0 Å². The average molecular weight is 250 g/mol. The Labute approximate surface area is 104 Å². The van der Waals surface area contributed by atoms with Gasteiger partial charge in [-0.1, -0.05) is 12.1 Å². The van der Waals surface area contributed by atoms with Crippen LogP contribution < -0.4 is 0 Å². The van der Waals surface area contributed by atoms with Crippen LogP contribution in [0.15, 0.2) is 18.2 Å². The molecule has 0 bridgehead atoms. The van der Waals surface area contributed by atoms with Crippen molar-refractivity contribution in [1.82, 2.24) is 9.55 Å². The molecule has 0 radical (unpaired) electrons. The molecule has 1 N–H and O–H groups in total. The maximum absolute atomic E-state index is 11.5. The van der Waals surface area contributed by atoms with Crippen LogP contribution in [0.3, 0.4) is 0 Å². The minimum Gasteiger partial charge on any atom is -0.465 e. The first-order valence-corrected chi connectivity index (χ1v) is 5.88. The van der Waals surface area contributed by atoms with Gasteiger partial charge in [-0.25, -0.2) is 0 Å². The van der Waals surface area contributed by atoms with Gasteiger partial charge in [0.2, 0.25) is 0 Å². The number of ether oxygens (including phenoxy) is 1. The molecular weight excluding hydrogens is 236 g/mol. The van der Waals surface area contributed by atoms with Gasteiger partial charge in [-0.2, -0.15) is 0 Å². The van der Waals surface area contributed by atoms with Gasteiger partial charge in [-0.05, 0) is 37.7 Å². The summed E-state index contributed by atoms with van der Waals surface area (Å²) in [5, 5.41) is 0. The van der Waals surface area contributed by atoms with E-state index in [-0.39, 0.29) is 12.5 Å². The molecule has 0 aliphatic rings. The molecule has 17 heavy (non-hydrogen) atoms. The van der Waals surface area contributed by atoms with Crippen molar-refractivity contribution < 1.29 is 9.53 Å². The van der Waals surface area contributed by atoms with Crippen LogP contribution in [0.1, 0.15) is 12.5 Å². The van der Waals surface area contributed by atoms with E-state index in [1.54, 1.807) is 11.5 Å². The predicted molar refractivity (Wildman–Crippen MR) is 68.5 cm³/mol. The Bertz CT molecular complexity index is 612. The monoisotopic (exact) mass is 250 g/mol. The third-order valence-corrected chi connectivity index (χ3v) is 2.91. The van der Waals surface area contributed by atoms with Crippen molar-refractivity contribution >= 4 is 29.2 Å². The quantitative estimate of drug-likeness (QED) is 0.672. The molecule has 0 spiro atoms. The Morgan fingerprint density at radius 1 is 1.53 bits per heavy atom. The first kappa shape index (κ1) is 11.9. The second-order valence-corrected chi connectivity index (χ2v) is 4.18. The fraction of sp³-hybridized carbons (Fsp3) is 0.333. The zero-order chi connectivity index (χ0) is 12.4. The smallest absolute Gasteiger partial charge is 0.326 e. The van der Waals surface area contributed by atoms with E-state index in [4.69, 9.17) is 17.0 Å². The number of esters is 1. The SMILES string of the molecule is CCOC(=O)Cn1c(=S)[nH]c2cccc(C)c21. The molecule has 0 saturated carbocycles. The standard InChI is InChI=1S/C12H14N2O2S/c1-3-16-10(15)7-14-11-8(2)5-4-6-9(11)13-12(14)17/h4-6H,3,7H2,1-2H3,(H,13,17). The van der Waals surface area contributed by atoms with Crippen molar-refractivity contribution in [2.24, 2.45) is 0 Å². The highest BCUT2D eigenvalue weighted by Gasteiger charge is 2.10. The van der Waals surface area contributed by atoms with E-state index in [9.17, 15) is 4.79 Å². The van der Waals surface area contributed by atoms with E-state index < -0.39 is 0 Å². The van der Waals surface area contributed by atoms with Crippen LogP contribution in [0.5, 0.6) is 0 Å². The molecule has 0 atom stereocenters. The summed E-state index contributed by atoms with van der Waals surface area (Å²) in [7, 11) is 0. The lowest BCUT2D eigenvalue weighted by Crippen LogP contribution is -2.13. The van der Waals surface area contributed by atoms with E-state index in [2.05, 4.69) is 4.98 Å². The molecule has 5 heteroatoms. The molecule has 0 unspecified atom stereocenters. The molecular formula is C12H14N2O2S. The molecule has 0 saturated heterocycles. The van der Waals surface area contributed by atoms with Crippen LogP contribution in [-0.4, -0.2) is 22.1 Å². The highest BCUT2D eigenvalue weighted by Crippen LogP contribution is 2.18. The summed E-state index contributed by atoms with van der Waals surface area (Å²) < 4.78 is 7.26. The number of aryl methyl sites for hydroxylation is 1. The Kier molecular flexibility index (Phi) is 3.28. The maximum atomic E-state index is 11.5. The minimum absolute atomic E-state index is 0.150. The summed E-state index contributed by atoms with van der Waals surface area (Å²) in [4.78, 5) is 14.6. The molecule has 1 heterocycles. The summed E-state index contributed by atoms with van der Waals surface area (Å²) in [5.41, 5.74) is 2.99. The molecule has 2 rings (SSSR count). The average Bonchev–Trinajstić information content (AvgIpc) is 2.57. The van der Waals surface area contributed by atoms with Gasteiger partial charge in [0.1, 0.15) is 6.54 Å². The molecule has 2 aromatic rings. The number of hydrogen-bond acceptors (Lipinski definition) is 3. The van der Waals surface area contributed by atoms with E-state index in [0.29, 0.717) is 11.4 Å². The van der Waals surface area contributed by atoms with E-state index in [1.807, 2.05) is 25.1 Å². The first-order valence-electron chi connectivity index (χ1n) is 5.47. The lowest BCUT2D eigenvalue weighted by molar-refractivity contribution is -0.143. The fourth-order valence-corrected chi connectivity index (χ4v) is 2.15. The molecule has 0 fully saturated rings. The maximum Gasteiger partial charge on any atom is 0.326 e. The number of rotatable bonds is 3. The molecule has 1 aromatic carbocycles. The zero-order valence-corrected chi connectivity index (χ0v) is 10.6. The molecule has 4 nitrogen and oxygen atoms in total. The first-order chi connectivity index (χ1) is 8.13. The van der Waals surface area contributed by atoms with Gasteiger partial charge in [-0.15, -0.1) is 0 Å². The van der Waals surface area contributed by atoms with Gasteiger partial charge >= 0.3 is 5.97 Å². The van der Waals surface area contributed by atoms with Gasteiger partial charge in [0.05, 0.1) is 17.6 Å².